The van der Waals surface area contributed by atoms with Gasteiger partial charge in [-0.05, 0) is 0 Å². The summed E-state index contributed by atoms with van der Waals surface area (Å²) in [6, 6.07) is 0. The van der Waals surface area contributed by atoms with Crippen LogP contribution in [0.3, 0.4) is 0 Å². The van der Waals surface area contributed by atoms with Crippen LogP contribution >= 0.6 is 17.0 Å². The molecule has 4 heavy (non-hydrogen) atoms. The Morgan fingerprint density at radius 2 is 1.25 bits per heavy atom. The average molecular weight is 181 g/mol. The summed E-state index contributed by atoms with van der Waals surface area (Å²) in [5.41, 5.74) is 4.56. The molecule has 2 heteroatoms. The standard InChI is InChI=1S/2CH3.BrH.Ga/h2*1H3;1H;. The SMILES string of the molecule is Br.[CH3][Ga][CH3]. The molecule has 0 rings (SSSR count). The Hall–Kier alpha value is 1.12. The van der Waals surface area contributed by atoms with E-state index < -0.39 is 0 Å². The molecule has 0 aromatic heterocycles. The van der Waals surface area contributed by atoms with Crippen molar-refractivity contribution in [2.45, 2.75) is 11.0 Å². The Bertz CT molecular complexity index is 6.00. The molecule has 0 aromatic carbocycles. The van der Waals surface area contributed by atoms with Gasteiger partial charge in [-0.3, -0.25) is 0 Å². The first-order valence-electron chi connectivity index (χ1n) is 1.15. The van der Waals surface area contributed by atoms with Crippen molar-refractivity contribution in [3.63, 3.8) is 0 Å². The van der Waals surface area contributed by atoms with E-state index in [1.807, 2.05) is 0 Å². The van der Waals surface area contributed by atoms with Crippen molar-refractivity contribution in [3.05, 3.63) is 0 Å². The predicted octanol–water partition coefficient (Wildman–Crippen LogP) is 1.36. The Labute approximate surface area is 45.5 Å². The van der Waals surface area contributed by atoms with Crippen molar-refractivity contribution in [2.75, 3.05) is 0 Å². The van der Waals surface area contributed by atoms with Crippen LogP contribution in [0.25, 0.3) is 0 Å². The van der Waals surface area contributed by atoms with Crippen LogP contribution in [0.1, 0.15) is 0 Å². The van der Waals surface area contributed by atoms with E-state index in [4.69, 9.17) is 0 Å². The monoisotopic (exact) mass is 179 g/mol. The predicted molar refractivity (Wildman–Crippen MR) is 27.8 cm³/mol. The summed E-state index contributed by atoms with van der Waals surface area (Å²) >= 11 is 0.312. The second-order valence-electron chi connectivity index (χ2n) is 0.577. The van der Waals surface area contributed by atoms with Crippen LogP contribution in [0, 0.1) is 0 Å². The molecule has 0 nitrogen and oxygen atoms in total. The first kappa shape index (κ1) is 8.93. The first-order chi connectivity index (χ1) is 1.41. The first-order valence-corrected chi connectivity index (χ1v) is 6.00. The summed E-state index contributed by atoms with van der Waals surface area (Å²) in [6.07, 6.45) is 0. The van der Waals surface area contributed by atoms with Gasteiger partial charge in [-0.2, -0.15) is 0 Å². The molecule has 1 radical (unpaired) electrons. The van der Waals surface area contributed by atoms with Gasteiger partial charge in [0.25, 0.3) is 0 Å². The summed E-state index contributed by atoms with van der Waals surface area (Å²) in [4.78, 5) is 0. The minimum atomic E-state index is 0. The van der Waals surface area contributed by atoms with Crippen molar-refractivity contribution in [3.8, 4) is 0 Å². The second kappa shape index (κ2) is 8.93. The molecule has 0 aliphatic rings. The van der Waals surface area contributed by atoms with Crippen LogP contribution < -0.4 is 0 Å². The molecule has 0 N–H and O–H groups in total. The normalized spacial score (nSPS) is 3.50. The molecule has 0 atom stereocenters. The molecule has 0 bridgehead atoms. The van der Waals surface area contributed by atoms with E-state index in [0.717, 1.165) is 0 Å². The third-order valence-electron chi connectivity index (χ3n) is 0. The van der Waals surface area contributed by atoms with Crippen molar-refractivity contribution in [2.24, 2.45) is 0 Å². The van der Waals surface area contributed by atoms with E-state index in [-0.39, 0.29) is 17.0 Å². The Kier molecular flexibility index (Phi) is 19.9. The van der Waals surface area contributed by atoms with Crippen molar-refractivity contribution >= 4 is 34.4 Å². The zero-order valence-corrected chi connectivity index (χ0v) is 7.12. The Morgan fingerprint density at radius 3 is 1.25 bits per heavy atom. The maximum absolute atomic E-state index is 2.28. The average Bonchev–Trinajstić information content (AvgIpc) is 0.918. The molecule has 0 heterocycles. The van der Waals surface area contributed by atoms with Gasteiger partial charge in [-0.15, -0.1) is 17.0 Å². The molecular formula is C2H7BrGa. The van der Waals surface area contributed by atoms with E-state index in [1.54, 1.807) is 0 Å². The van der Waals surface area contributed by atoms with E-state index in [0.29, 0.717) is 17.4 Å². The number of rotatable bonds is 0. The third kappa shape index (κ3) is 11.2. The molecule has 0 aliphatic heterocycles. The van der Waals surface area contributed by atoms with Gasteiger partial charge in [0.15, 0.2) is 0 Å². The van der Waals surface area contributed by atoms with Crippen LogP contribution in [-0.4, -0.2) is 17.4 Å². The van der Waals surface area contributed by atoms with Gasteiger partial charge in [-0.25, -0.2) is 0 Å². The Balaban J connectivity index is 0. The quantitative estimate of drug-likeness (QED) is 0.494. The molecule has 0 aliphatic carbocycles. The molecule has 0 aromatic rings. The van der Waals surface area contributed by atoms with Gasteiger partial charge >= 0.3 is 28.4 Å². The zero-order chi connectivity index (χ0) is 2.71. The van der Waals surface area contributed by atoms with Gasteiger partial charge in [0.2, 0.25) is 0 Å². The molecule has 0 spiro atoms. The van der Waals surface area contributed by atoms with Crippen LogP contribution in [0.4, 0.5) is 0 Å². The maximum atomic E-state index is 2.28. The molecule has 0 fully saturated rings. The van der Waals surface area contributed by atoms with Gasteiger partial charge in [0.1, 0.15) is 0 Å². The van der Waals surface area contributed by atoms with Crippen molar-refractivity contribution < 1.29 is 0 Å². The van der Waals surface area contributed by atoms with E-state index in [2.05, 4.69) is 11.0 Å². The molecular weight excluding hydrogens is 174 g/mol. The van der Waals surface area contributed by atoms with Crippen LogP contribution in [0.5, 0.6) is 0 Å². The van der Waals surface area contributed by atoms with E-state index in [9.17, 15) is 0 Å². The van der Waals surface area contributed by atoms with Gasteiger partial charge in [0.05, 0.1) is 0 Å². The molecule has 0 saturated heterocycles. The Morgan fingerprint density at radius 1 is 1.25 bits per heavy atom. The summed E-state index contributed by atoms with van der Waals surface area (Å²) in [5.74, 6) is 0. The third-order valence-corrected chi connectivity index (χ3v) is 0. The molecule has 0 saturated carbocycles. The number of halogens is 1. The van der Waals surface area contributed by atoms with Crippen LogP contribution in [-0.2, 0) is 0 Å². The van der Waals surface area contributed by atoms with Crippen molar-refractivity contribution in [1.82, 2.24) is 0 Å². The fourth-order valence-electron chi connectivity index (χ4n) is 0. The van der Waals surface area contributed by atoms with Gasteiger partial charge in [0, 0.05) is 0 Å². The summed E-state index contributed by atoms with van der Waals surface area (Å²) < 4.78 is 0. The summed E-state index contributed by atoms with van der Waals surface area (Å²) in [6.45, 7) is 0. The van der Waals surface area contributed by atoms with Crippen molar-refractivity contribution in [1.29, 1.82) is 0 Å². The van der Waals surface area contributed by atoms with Gasteiger partial charge in [-0.1, -0.05) is 0 Å². The van der Waals surface area contributed by atoms with Crippen LogP contribution in [0.2, 0.25) is 11.0 Å². The molecule has 25 valence electrons. The molecule has 0 unspecified atom stereocenters. The zero-order valence-electron chi connectivity index (χ0n) is 2.99. The van der Waals surface area contributed by atoms with Crippen LogP contribution in [0.15, 0.2) is 0 Å². The summed E-state index contributed by atoms with van der Waals surface area (Å²) in [7, 11) is 0. The minimum absolute atomic E-state index is 0. The fourth-order valence-corrected chi connectivity index (χ4v) is 0. The summed E-state index contributed by atoms with van der Waals surface area (Å²) in [5, 5.41) is 0. The molecule has 0 amide bonds. The second-order valence-corrected chi connectivity index (χ2v) is 3.00. The topological polar surface area (TPSA) is 0 Å². The van der Waals surface area contributed by atoms with Gasteiger partial charge < -0.3 is 0 Å². The van der Waals surface area contributed by atoms with E-state index in [1.165, 1.54) is 0 Å². The van der Waals surface area contributed by atoms with E-state index >= 15 is 0 Å². The number of hydrogen-bond donors (Lipinski definition) is 0. The number of hydrogen-bond acceptors (Lipinski definition) is 0. The fraction of sp³-hybridized carbons (Fsp3) is 1.00.